The molecule has 5 rings (SSSR count). The Morgan fingerprint density at radius 1 is 1.15 bits per heavy atom. The van der Waals surface area contributed by atoms with Crippen molar-refractivity contribution in [1.29, 1.82) is 0 Å². The van der Waals surface area contributed by atoms with Crippen molar-refractivity contribution in [3.05, 3.63) is 29.5 Å². The Bertz CT molecular complexity index is 1080. The zero-order chi connectivity index (χ0) is 22.6. The molecule has 1 N–H and O–H groups in total. The van der Waals surface area contributed by atoms with Crippen LogP contribution in [0.15, 0.2) is 23.8 Å². The predicted molar refractivity (Wildman–Crippen MR) is 130 cm³/mol. The molecule has 2 aliphatic heterocycles. The number of hydrogen-bond donors (Lipinski definition) is 1. The molecule has 176 valence electrons. The van der Waals surface area contributed by atoms with Gasteiger partial charge in [0.25, 0.3) is 0 Å². The molecule has 33 heavy (non-hydrogen) atoms. The average molecular weight is 470 g/mol. The molecule has 0 radical (unpaired) electrons. The average Bonchev–Trinajstić information content (AvgIpc) is 3.24. The second kappa shape index (κ2) is 10.2. The third kappa shape index (κ3) is 5.54. The second-order valence-electron chi connectivity index (χ2n) is 8.94. The van der Waals surface area contributed by atoms with Gasteiger partial charge in [-0.3, -0.25) is 0 Å². The number of fused-ring (bicyclic) bond motifs is 1. The van der Waals surface area contributed by atoms with E-state index in [9.17, 15) is 0 Å². The molecule has 2 fully saturated rings. The number of likely N-dealkylation sites (tertiary alicyclic amines) is 1. The lowest BCUT2D eigenvalue weighted by Gasteiger charge is -2.29. The summed E-state index contributed by atoms with van der Waals surface area (Å²) in [5, 5.41) is 7.02. The highest BCUT2D eigenvalue weighted by atomic mass is 32.1. The minimum absolute atomic E-state index is 0.0984. The van der Waals surface area contributed by atoms with Crippen molar-refractivity contribution in [3.8, 4) is 11.5 Å². The number of nitrogens with one attached hydrogen (secondary N) is 1. The van der Waals surface area contributed by atoms with Gasteiger partial charge in [-0.25, -0.2) is 15.0 Å². The van der Waals surface area contributed by atoms with Gasteiger partial charge in [0.2, 0.25) is 0 Å². The van der Waals surface area contributed by atoms with Crippen LogP contribution in [0.4, 0.5) is 10.9 Å². The van der Waals surface area contributed by atoms with Crippen molar-refractivity contribution in [2.24, 2.45) is 5.92 Å². The van der Waals surface area contributed by atoms with E-state index >= 15 is 0 Å². The molecule has 3 aromatic rings. The number of rotatable bonds is 7. The van der Waals surface area contributed by atoms with E-state index in [1.807, 2.05) is 24.4 Å². The van der Waals surface area contributed by atoms with Crippen LogP contribution in [0.2, 0.25) is 0 Å². The van der Waals surface area contributed by atoms with Gasteiger partial charge in [0.05, 0.1) is 36.4 Å². The number of hydrogen-bond acceptors (Lipinski definition) is 9. The lowest BCUT2D eigenvalue weighted by atomic mass is 9.98. The van der Waals surface area contributed by atoms with E-state index in [-0.39, 0.29) is 6.10 Å². The zero-order valence-electron chi connectivity index (χ0n) is 19.2. The van der Waals surface area contributed by atoms with E-state index in [1.165, 1.54) is 12.8 Å². The summed E-state index contributed by atoms with van der Waals surface area (Å²) in [6, 6.07) is 3.98. The van der Waals surface area contributed by atoms with E-state index in [2.05, 4.69) is 32.2 Å². The molecule has 0 atom stereocenters. The van der Waals surface area contributed by atoms with Gasteiger partial charge in [0.15, 0.2) is 5.13 Å². The molecule has 8 nitrogen and oxygen atoms in total. The van der Waals surface area contributed by atoms with Crippen molar-refractivity contribution in [2.45, 2.75) is 38.7 Å². The lowest BCUT2D eigenvalue weighted by Crippen LogP contribution is -2.32. The van der Waals surface area contributed by atoms with Gasteiger partial charge >= 0.3 is 0 Å². The first-order valence-corrected chi connectivity index (χ1v) is 12.6. The smallest absolute Gasteiger partial charge is 0.188 e. The monoisotopic (exact) mass is 469 g/mol. The Morgan fingerprint density at radius 3 is 2.73 bits per heavy atom. The molecular weight excluding hydrogens is 438 g/mol. The Kier molecular flexibility index (Phi) is 6.89. The summed E-state index contributed by atoms with van der Waals surface area (Å²) >= 11 is 1.55. The topological polar surface area (TPSA) is 81.6 Å². The molecule has 0 amide bonds. The molecular formula is C24H31N5O3S. The maximum Gasteiger partial charge on any atom is 0.188 e. The van der Waals surface area contributed by atoms with Crippen LogP contribution in [0, 0.1) is 12.8 Å². The molecule has 2 saturated heterocycles. The van der Waals surface area contributed by atoms with Crippen LogP contribution in [0.25, 0.3) is 10.9 Å². The van der Waals surface area contributed by atoms with Gasteiger partial charge in [-0.1, -0.05) is 0 Å². The Morgan fingerprint density at radius 2 is 1.97 bits per heavy atom. The van der Waals surface area contributed by atoms with Crippen LogP contribution in [0.1, 0.15) is 31.4 Å². The van der Waals surface area contributed by atoms with Crippen LogP contribution in [0.3, 0.4) is 0 Å². The van der Waals surface area contributed by atoms with E-state index in [0.29, 0.717) is 18.3 Å². The van der Waals surface area contributed by atoms with Gasteiger partial charge < -0.3 is 24.4 Å². The van der Waals surface area contributed by atoms with Crippen LogP contribution < -0.4 is 14.8 Å². The summed E-state index contributed by atoms with van der Waals surface area (Å²) in [6.45, 7) is 6.38. The number of thiazole rings is 1. The molecule has 4 heterocycles. The van der Waals surface area contributed by atoms with Gasteiger partial charge in [-0.05, 0) is 45.8 Å². The fraction of sp³-hybridized carbons (Fsp3) is 0.542. The SMILES string of the molecule is Cc1csc(Nc2ncnc3cc(OCC4CCN(C)CC4)cc(OC4CCOCC4)c23)n1. The van der Waals surface area contributed by atoms with Gasteiger partial charge in [-0.2, -0.15) is 0 Å². The van der Waals surface area contributed by atoms with E-state index < -0.39 is 0 Å². The molecule has 2 aliphatic rings. The van der Waals surface area contributed by atoms with E-state index in [0.717, 1.165) is 72.4 Å². The summed E-state index contributed by atoms with van der Waals surface area (Å²) in [5.41, 5.74) is 1.77. The first-order valence-electron chi connectivity index (χ1n) is 11.7. The number of aromatic nitrogens is 3. The summed E-state index contributed by atoms with van der Waals surface area (Å²) in [6.07, 6.45) is 5.73. The van der Waals surface area contributed by atoms with Crippen molar-refractivity contribution >= 4 is 33.2 Å². The first-order chi connectivity index (χ1) is 16.1. The normalized spacial score (nSPS) is 18.5. The number of nitrogens with zero attached hydrogens (tertiary/aromatic N) is 4. The zero-order valence-corrected chi connectivity index (χ0v) is 20.1. The van der Waals surface area contributed by atoms with Gasteiger partial charge in [0, 0.05) is 30.4 Å². The van der Waals surface area contributed by atoms with Crippen molar-refractivity contribution in [3.63, 3.8) is 0 Å². The molecule has 9 heteroatoms. The van der Waals surface area contributed by atoms with Crippen LogP contribution in [-0.2, 0) is 4.74 Å². The second-order valence-corrected chi connectivity index (χ2v) is 9.80. The van der Waals surface area contributed by atoms with Crippen LogP contribution in [-0.4, -0.2) is 65.9 Å². The maximum atomic E-state index is 6.50. The Hall–Kier alpha value is -2.49. The van der Waals surface area contributed by atoms with Crippen molar-refractivity contribution in [1.82, 2.24) is 19.9 Å². The highest BCUT2D eigenvalue weighted by molar-refractivity contribution is 7.13. The molecule has 0 unspecified atom stereocenters. The van der Waals surface area contributed by atoms with E-state index in [1.54, 1.807) is 17.7 Å². The molecule has 0 aliphatic carbocycles. The molecule has 0 bridgehead atoms. The first kappa shape index (κ1) is 22.3. The lowest BCUT2D eigenvalue weighted by molar-refractivity contribution is 0.0261. The summed E-state index contributed by atoms with van der Waals surface area (Å²) in [7, 11) is 2.18. The van der Waals surface area contributed by atoms with Crippen molar-refractivity contribution in [2.75, 3.05) is 45.3 Å². The van der Waals surface area contributed by atoms with Gasteiger partial charge in [-0.15, -0.1) is 11.3 Å². The van der Waals surface area contributed by atoms with Crippen molar-refractivity contribution < 1.29 is 14.2 Å². The number of benzene rings is 1. The molecule has 0 saturated carbocycles. The largest absolute Gasteiger partial charge is 0.493 e. The van der Waals surface area contributed by atoms with E-state index in [4.69, 9.17) is 14.2 Å². The molecule has 2 aromatic heterocycles. The predicted octanol–water partition coefficient (Wildman–Crippen LogP) is 4.42. The fourth-order valence-electron chi connectivity index (χ4n) is 4.33. The third-order valence-corrected chi connectivity index (χ3v) is 7.18. The Labute approximate surface area is 198 Å². The van der Waals surface area contributed by atoms with Crippen LogP contribution >= 0.6 is 11.3 Å². The fourth-order valence-corrected chi connectivity index (χ4v) is 5.02. The number of ether oxygens (including phenoxy) is 3. The summed E-state index contributed by atoms with van der Waals surface area (Å²) in [4.78, 5) is 16.0. The van der Waals surface area contributed by atoms with Crippen LogP contribution in [0.5, 0.6) is 11.5 Å². The molecule has 0 spiro atoms. The number of anilines is 2. The Balaban J connectivity index is 1.43. The quantitative estimate of drug-likeness (QED) is 0.545. The minimum Gasteiger partial charge on any atom is -0.493 e. The highest BCUT2D eigenvalue weighted by Crippen LogP contribution is 2.37. The summed E-state index contributed by atoms with van der Waals surface area (Å²) in [5.74, 6) is 2.80. The van der Waals surface area contributed by atoms with Gasteiger partial charge in [0.1, 0.15) is 29.7 Å². The number of piperidine rings is 1. The number of aryl methyl sites for hydroxylation is 1. The standard InChI is InChI=1S/C24H31N5O3S/c1-16-14-33-24(27-16)28-23-22-20(25-15-26-23)11-19(31-13-17-3-7-29(2)8-4-17)12-21(22)32-18-5-9-30-10-6-18/h11-12,14-15,17-18H,3-10,13H2,1-2H3,(H,25,26,27,28). The molecule has 1 aromatic carbocycles. The third-order valence-electron chi connectivity index (χ3n) is 6.31. The minimum atomic E-state index is 0.0984. The summed E-state index contributed by atoms with van der Waals surface area (Å²) < 4.78 is 18.3. The maximum absolute atomic E-state index is 6.50. The highest BCUT2D eigenvalue weighted by Gasteiger charge is 2.21.